The standard InChI is InChI=1S/C22H17Cl2N5O3/c1-32-16-7-6-13(22(26)31)19-18(16)28-17(8-11-2-4-12(5-3-11)21(25)30)29(19)20-14(23)9-27-10-15(20)24/h2-7,9-10H,8H2,1H3,(H2,25,30)(H2,26,31). The van der Waals surface area contributed by atoms with Gasteiger partial charge in [0.05, 0.1) is 33.9 Å². The molecule has 2 aromatic carbocycles. The molecule has 0 spiro atoms. The molecule has 0 unspecified atom stereocenters. The predicted molar refractivity (Wildman–Crippen MR) is 122 cm³/mol. The first-order chi connectivity index (χ1) is 15.3. The Kier molecular flexibility index (Phi) is 5.73. The fourth-order valence-corrected chi connectivity index (χ4v) is 4.05. The van der Waals surface area contributed by atoms with Gasteiger partial charge in [0.1, 0.15) is 17.1 Å². The van der Waals surface area contributed by atoms with E-state index in [1.807, 2.05) is 0 Å². The van der Waals surface area contributed by atoms with Gasteiger partial charge in [-0.1, -0.05) is 35.3 Å². The molecule has 2 heterocycles. The fraction of sp³-hybridized carbons (Fsp3) is 0.0909. The third kappa shape index (κ3) is 3.74. The number of primary amides is 2. The predicted octanol–water partition coefficient (Wildman–Crippen LogP) is 3.52. The highest BCUT2D eigenvalue weighted by Crippen LogP contribution is 2.36. The molecule has 0 aliphatic heterocycles. The van der Waals surface area contributed by atoms with Crippen LogP contribution in [0.1, 0.15) is 32.1 Å². The van der Waals surface area contributed by atoms with Crippen LogP contribution in [-0.2, 0) is 6.42 Å². The van der Waals surface area contributed by atoms with Gasteiger partial charge in [-0.3, -0.25) is 19.1 Å². The molecule has 4 N–H and O–H groups in total. The second-order valence-corrected chi connectivity index (χ2v) is 7.74. The quantitative estimate of drug-likeness (QED) is 0.446. The van der Waals surface area contributed by atoms with Gasteiger partial charge in [0.25, 0.3) is 5.91 Å². The van der Waals surface area contributed by atoms with Crippen molar-refractivity contribution in [2.45, 2.75) is 6.42 Å². The monoisotopic (exact) mass is 469 g/mol. The summed E-state index contributed by atoms with van der Waals surface area (Å²) in [6.45, 7) is 0. The summed E-state index contributed by atoms with van der Waals surface area (Å²) < 4.78 is 7.15. The van der Waals surface area contributed by atoms with E-state index in [1.54, 1.807) is 41.0 Å². The van der Waals surface area contributed by atoms with E-state index in [1.165, 1.54) is 19.5 Å². The minimum absolute atomic E-state index is 0.229. The lowest BCUT2D eigenvalue weighted by atomic mass is 10.1. The molecule has 0 aliphatic carbocycles. The lowest BCUT2D eigenvalue weighted by molar-refractivity contribution is 0.0992. The van der Waals surface area contributed by atoms with E-state index in [0.29, 0.717) is 40.3 Å². The molecule has 162 valence electrons. The van der Waals surface area contributed by atoms with E-state index in [0.717, 1.165) is 5.56 Å². The zero-order chi connectivity index (χ0) is 23.0. The number of imidazole rings is 1. The van der Waals surface area contributed by atoms with Crippen LogP contribution in [0.3, 0.4) is 0 Å². The van der Waals surface area contributed by atoms with Crippen molar-refractivity contribution in [1.29, 1.82) is 0 Å². The normalized spacial score (nSPS) is 11.0. The lowest BCUT2D eigenvalue weighted by Crippen LogP contribution is -2.14. The SMILES string of the molecule is COc1ccc(C(N)=O)c2c1nc(Cc1ccc(C(N)=O)cc1)n2-c1c(Cl)cncc1Cl. The number of fused-ring (bicyclic) bond motifs is 1. The number of amides is 2. The zero-order valence-corrected chi connectivity index (χ0v) is 18.3. The average molecular weight is 470 g/mol. The lowest BCUT2D eigenvalue weighted by Gasteiger charge is -2.14. The molecular weight excluding hydrogens is 453 g/mol. The van der Waals surface area contributed by atoms with Gasteiger partial charge in [0.2, 0.25) is 5.91 Å². The van der Waals surface area contributed by atoms with E-state index >= 15 is 0 Å². The molecule has 2 amide bonds. The van der Waals surface area contributed by atoms with Gasteiger partial charge in [0, 0.05) is 24.4 Å². The number of ether oxygens (including phenoxy) is 1. The summed E-state index contributed by atoms with van der Waals surface area (Å²) in [7, 11) is 1.51. The van der Waals surface area contributed by atoms with Crippen molar-refractivity contribution < 1.29 is 14.3 Å². The average Bonchev–Trinajstić information content (AvgIpc) is 3.12. The van der Waals surface area contributed by atoms with Gasteiger partial charge in [0.15, 0.2) is 0 Å². The van der Waals surface area contributed by atoms with Crippen LogP contribution in [0.25, 0.3) is 16.7 Å². The number of carbonyl (C=O) groups excluding carboxylic acids is 2. The number of pyridine rings is 1. The summed E-state index contributed by atoms with van der Waals surface area (Å²) in [6, 6.07) is 9.99. The Morgan fingerprint density at radius 3 is 2.22 bits per heavy atom. The molecule has 0 aliphatic rings. The summed E-state index contributed by atoms with van der Waals surface area (Å²) in [5.74, 6) is -0.184. The molecule has 0 fully saturated rings. The van der Waals surface area contributed by atoms with Crippen LogP contribution in [-0.4, -0.2) is 33.5 Å². The molecule has 0 saturated carbocycles. The zero-order valence-electron chi connectivity index (χ0n) is 16.8. The number of benzene rings is 2. The van der Waals surface area contributed by atoms with Crippen LogP contribution < -0.4 is 16.2 Å². The van der Waals surface area contributed by atoms with Crippen molar-refractivity contribution in [2.24, 2.45) is 11.5 Å². The maximum absolute atomic E-state index is 12.3. The van der Waals surface area contributed by atoms with Crippen molar-refractivity contribution in [3.8, 4) is 11.4 Å². The first kappa shape index (κ1) is 21.6. The Morgan fingerprint density at radius 2 is 1.66 bits per heavy atom. The molecule has 0 radical (unpaired) electrons. The highest BCUT2D eigenvalue weighted by molar-refractivity contribution is 6.37. The van der Waals surface area contributed by atoms with Gasteiger partial charge in [-0.05, 0) is 29.8 Å². The third-order valence-electron chi connectivity index (χ3n) is 4.97. The molecule has 0 saturated heterocycles. The van der Waals surface area contributed by atoms with Crippen LogP contribution in [0.4, 0.5) is 0 Å². The van der Waals surface area contributed by atoms with Crippen molar-refractivity contribution in [1.82, 2.24) is 14.5 Å². The van der Waals surface area contributed by atoms with Gasteiger partial charge in [-0.2, -0.15) is 0 Å². The number of nitrogens with zero attached hydrogens (tertiary/aromatic N) is 3. The van der Waals surface area contributed by atoms with Crippen molar-refractivity contribution in [3.05, 3.63) is 81.4 Å². The molecular formula is C22H17Cl2N5O3. The Bertz CT molecular complexity index is 1350. The van der Waals surface area contributed by atoms with Crippen LogP contribution in [0.2, 0.25) is 10.0 Å². The highest BCUT2D eigenvalue weighted by atomic mass is 35.5. The maximum Gasteiger partial charge on any atom is 0.250 e. The van der Waals surface area contributed by atoms with Crippen molar-refractivity contribution in [2.75, 3.05) is 7.11 Å². The second-order valence-electron chi connectivity index (χ2n) is 6.93. The minimum Gasteiger partial charge on any atom is -0.494 e. The van der Waals surface area contributed by atoms with Crippen molar-refractivity contribution >= 4 is 46.0 Å². The van der Waals surface area contributed by atoms with Gasteiger partial charge in [-0.15, -0.1) is 0 Å². The van der Waals surface area contributed by atoms with E-state index in [4.69, 9.17) is 44.4 Å². The molecule has 0 bridgehead atoms. The molecule has 10 heteroatoms. The molecule has 4 rings (SSSR count). The van der Waals surface area contributed by atoms with E-state index in [9.17, 15) is 9.59 Å². The van der Waals surface area contributed by atoms with E-state index < -0.39 is 11.8 Å². The smallest absolute Gasteiger partial charge is 0.250 e. The third-order valence-corrected chi connectivity index (χ3v) is 5.53. The van der Waals surface area contributed by atoms with E-state index in [2.05, 4.69) is 4.98 Å². The highest BCUT2D eigenvalue weighted by Gasteiger charge is 2.24. The number of hydrogen-bond donors (Lipinski definition) is 2. The Hall–Kier alpha value is -3.62. The van der Waals surface area contributed by atoms with Crippen LogP contribution in [0, 0.1) is 0 Å². The first-order valence-electron chi connectivity index (χ1n) is 9.38. The summed E-state index contributed by atoms with van der Waals surface area (Å²) in [5.41, 5.74) is 13.7. The largest absolute Gasteiger partial charge is 0.494 e. The number of methoxy groups -OCH3 is 1. The Balaban J connectivity index is 2.03. The molecule has 4 aromatic rings. The molecule has 8 nitrogen and oxygen atoms in total. The summed E-state index contributed by atoms with van der Waals surface area (Å²) >= 11 is 12.9. The fourth-order valence-electron chi connectivity index (χ4n) is 3.51. The maximum atomic E-state index is 12.3. The molecule has 2 aromatic heterocycles. The number of hydrogen-bond acceptors (Lipinski definition) is 5. The molecule has 0 atom stereocenters. The summed E-state index contributed by atoms with van der Waals surface area (Å²) in [4.78, 5) is 32.4. The van der Waals surface area contributed by atoms with Gasteiger partial charge < -0.3 is 16.2 Å². The number of carbonyl (C=O) groups is 2. The number of halogens is 2. The van der Waals surface area contributed by atoms with E-state index in [-0.39, 0.29) is 15.6 Å². The van der Waals surface area contributed by atoms with Gasteiger partial charge in [-0.25, -0.2) is 4.98 Å². The minimum atomic E-state index is -0.641. The topological polar surface area (TPSA) is 126 Å². The summed E-state index contributed by atoms with van der Waals surface area (Å²) in [6.07, 6.45) is 3.22. The van der Waals surface area contributed by atoms with Crippen LogP contribution in [0.5, 0.6) is 5.75 Å². The summed E-state index contributed by atoms with van der Waals surface area (Å²) in [5, 5.41) is 0.528. The van der Waals surface area contributed by atoms with Crippen molar-refractivity contribution in [3.63, 3.8) is 0 Å². The molecule has 32 heavy (non-hydrogen) atoms. The Labute approximate surface area is 192 Å². The van der Waals surface area contributed by atoms with Gasteiger partial charge >= 0.3 is 0 Å². The number of nitrogens with two attached hydrogens (primary N) is 2. The second kappa shape index (κ2) is 8.49. The number of rotatable bonds is 6. The Morgan fingerprint density at radius 1 is 1.00 bits per heavy atom. The van der Waals surface area contributed by atoms with Crippen LogP contribution >= 0.6 is 23.2 Å². The first-order valence-corrected chi connectivity index (χ1v) is 10.1. The van der Waals surface area contributed by atoms with Crippen LogP contribution in [0.15, 0.2) is 48.8 Å². The number of aromatic nitrogens is 3.